The summed E-state index contributed by atoms with van der Waals surface area (Å²) < 4.78 is 0. The Morgan fingerprint density at radius 3 is 1.25 bits per heavy atom. The van der Waals surface area contributed by atoms with E-state index in [1.54, 1.807) is 0 Å². The third kappa shape index (κ3) is 5.26. The molecule has 0 fully saturated rings. The number of hydrogen-bond donors (Lipinski definition) is 0. The molecule has 3 aliphatic rings. The SMILES string of the molecule is CC1(C)c2ccccc2-c2ccc(-c3cccc(-c4c5ccccc5c(-c5cccc6c5-c5ccccc5C6(C)C)c5cc(-c6ccc7c(c6)C(C)(C)c6ccccc6-7)ccc45)c3)cc21. The van der Waals surface area contributed by atoms with Crippen LogP contribution in [0.2, 0.25) is 0 Å². The quantitative estimate of drug-likeness (QED) is 0.155. The molecule has 10 aromatic carbocycles. The second-order valence-electron chi connectivity index (χ2n) is 20.4. The van der Waals surface area contributed by atoms with Gasteiger partial charge in [0.05, 0.1) is 0 Å². The molecule has 0 aromatic heterocycles. The number of benzene rings is 10. The molecule has 0 saturated carbocycles. The van der Waals surface area contributed by atoms with Gasteiger partial charge in [0.1, 0.15) is 0 Å². The van der Waals surface area contributed by atoms with Gasteiger partial charge in [-0.25, -0.2) is 0 Å². The van der Waals surface area contributed by atoms with Gasteiger partial charge in [-0.1, -0.05) is 211 Å². The second kappa shape index (κ2) is 13.4. The molecule has 0 amide bonds. The van der Waals surface area contributed by atoms with Gasteiger partial charge in [-0.05, 0) is 157 Å². The fraction of sp³-hybridized carbons (Fsp3) is 0.138. The van der Waals surface area contributed by atoms with Crippen molar-refractivity contribution in [3.63, 3.8) is 0 Å². The predicted octanol–water partition coefficient (Wildman–Crippen LogP) is 17.6. The minimum atomic E-state index is -0.108. The van der Waals surface area contributed by atoms with Crippen molar-refractivity contribution in [3.8, 4) is 77.9 Å². The molecule has 310 valence electrons. The van der Waals surface area contributed by atoms with Gasteiger partial charge in [0, 0.05) is 16.2 Å². The van der Waals surface area contributed by atoms with Crippen molar-refractivity contribution in [2.24, 2.45) is 0 Å². The third-order valence-electron chi connectivity index (χ3n) is 15.9. The summed E-state index contributed by atoms with van der Waals surface area (Å²) in [5.74, 6) is 0. The molecule has 13 rings (SSSR count). The second-order valence-corrected chi connectivity index (χ2v) is 20.4. The molecule has 3 aliphatic carbocycles. The summed E-state index contributed by atoms with van der Waals surface area (Å²) in [4.78, 5) is 0. The van der Waals surface area contributed by atoms with E-state index in [0.29, 0.717) is 0 Å². The molecule has 0 atom stereocenters. The van der Waals surface area contributed by atoms with Crippen molar-refractivity contribution in [3.05, 3.63) is 228 Å². The van der Waals surface area contributed by atoms with Crippen molar-refractivity contribution in [1.82, 2.24) is 0 Å². The maximum absolute atomic E-state index is 2.51. The van der Waals surface area contributed by atoms with E-state index in [0.717, 1.165) is 0 Å². The van der Waals surface area contributed by atoms with Crippen LogP contribution in [0.15, 0.2) is 194 Å². The Balaban J connectivity index is 1.06. The Bertz CT molecular complexity index is 3680. The van der Waals surface area contributed by atoms with E-state index in [9.17, 15) is 0 Å². The highest BCUT2D eigenvalue weighted by Gasteiger charge is 2.39. The third-order valence-corrected chi connectivity index (χ3v) is 15.9. The van der Waals surface area contributed by atoms with E-state index < -0.39 is 0 Å². The molecule has 0 heteroatoms. The van der Waals surface area contributed by atoms with Crippen LogP contribution in [0.4, 0.5) is 0 Å². The van der Waals surface area contributed by atoms with E-state index in [-0.39, 0.29) is 16.2 Å². The first-order valence-electron chi connectivity index (χ1n) is 23.3. The molecule has 0 unspecified atom stereocenters. The van der Waals surface area contributed by atoms with Crippen molar-refractivity contribution in [2.45, 2.75) is 57.8 Å². The van der Waals surface area contributed by atoms with Gasteiger partial charge >= 0.3 is 0 Å². The van der Waals surface area contributed by atoms with Crippen LogP contribution in [-0.4, -0.2) is 0 Å². The Kier molecular flexibility index (Phi) is 7.86. The normalized spacial score (nSPS) is 15.3. The smallest absolute Gasteiger partial charge is 0.0159 e. The summed E-state index contributed by atoms with van der Waals surface area (Å²) >= 11 is 0. The van der Waals surface area contributed by atoms with Gasteiger partial charge in [-0.2, -0.15) is 0 Å². The summed E-state index contributed by atoms with van der Waals surface area (Å²) in [5.41, 5.74) is 26.3. The first-order valence-corrected chi connectivity index (χ1v) is 23.3. The monoisotopic (exact) mass is 830 g/mol. The van der Waals surface area contributed by atoms with E-state index in [1.165, 1.54) is 133 Å². The lowest BCUT2D eigenvalue weighted by molar-refractivity contribution is 0.660. The van der Waals surface area contributed by atoms with Crippen LogP contribution in [-0.2, 0) is 16.2 Å². The summed E-state index contributed by atoms with van der Waals surface area (Å²) in [7, 11) is 0. The lowest BCUT2D eigenvalue weighted by Crippen LogP contribution is -2.14. The molecule has 0 heterocycles. The van der Waals surface area contributed by atoms with E-state index >= 15 is 0 Å². The first-order chi connectivity index (χ1) is 31.5. The lowest BCUT2D eigenvalue weighted by Gasteiger charge is -2.23. The van der Waals surface area contributed by atoms with Gasteiger partial charge in [0.15, 0.2) is 0 Å². The summed E-state index contributed by atoms with van der Waals surface area (Å²) in [6.45, 7) is 14.3. The van der Waals surface area contributed by atoms with Gasteiger partial charge in [0.2, 0.25) is 0 Å². The molecule has 0 saturated heterocycles. The first kappa shape index (κ1) is 38.2. The van der Waals surface area contributed by atoms with E-state index in [1.807, 2.05) is 0 Å². The molecule has 0 nitrogen and oxygen atoms in total. The topological polar surface area (TPSA) is 0 Å². The maximum Gasteiger partial charge on any atom is 0.0159 e. The Labute approximate surface area is 382 Å². The summed E-state index contributed by atoms with van der Waals surface area (Å²) in [5, 5.41) is 5.08. The van der Waals surface area contributed by atoms with Crippen LogP contribution in [0.1, 0.15) is 74.9 Å². The van der Waals surface area contributed by atoms with Crippen LogP contribution < -0.4 is 0 Å². The lowest BCUT2D eigenvalue weighted by atomic mass is 9.80. The van der Waals surface area contributed by atoms with Crippen LogP contribution in [0.5, 0.6) is 0 Å². The van der Waals surface area contributed by atoms with Gasteiger partial charge in [0.25, 0.3) is 0 Å². The Morgan fingerprint density at radius 2 is 0.615 bits per heavy atom. The molecule has 10 aromatic rings. The van der Waals surface area contributed by atoms with Crippen molar-refractivity contribution < 1.29 is 0 Å². The highest BCUT2D eigenvalue weighted by molar-refractivity contribution is 6.23. The van der Waals surface area contributed by atoms with Crippen molar-refractivity contribution >= 4 is 21.5 Å². The van der Waals surface area contributed by atoms with Crippen LogP contribution in [0.25, 0.3) is 99.4 Å². The van der Waals surface area contributed by atoms with Crippen molar-refractivity contribution in [1.29, 1.82) is 0 Å². The number of fused-ring (bicyclic) bond motifs is 11. The van der Waals surface area contributed by atoms with E-state index in [2.05, 4.69) is 236 Å². The minimum absolute atomic E-state index is 0.0641. The molecule has 0 bridgehead atoms. The molecular formula is C65H50. The average molecular weight is 831 g/mol. The number of hydrogen-bond acceptors (Lipinski definition) is 0. The van der Waals surface area contributed by atoms with Gasteiger partial charge < -0.3 is 0 Å². The molecular weight excluding hydrogens is 781 g/mol. The standard InChI is InChI=1S/C65H50/c1-63(2)56-27-14-11-23-51(56)62-52(24-16-28-57(62)63)61-49-22-8-7-21-48(49)60(43-18-15-17-39(35-43)41-29-32-46-44-19-9-12-25-54(44)64(3,4)58(46)37-41)50-34-31-40(36-53(50)61)42-30-33-47-45-20-10-13-26-55(45)65(5,6)59(47)38-42/h7-38H,1-6H3. The molecule has 0 N–H and O–H groups in total. The fourth-order valence-electron chi connectivity index (χ4n) is 12.5. The minimum Gasteiger partial charge on any atom is -0.0619 e. The summed E-state index contributed by atoms with van der Waals surface area (Å²) in [6, 6.07) is 74.1. The number of rotatable bonds is 4. The summed E-state index contributed by atoms with van der Waals surface area (Å²) in [6.07, 6.45) is 0. The Morgan fingerprint density at radius 1 is 0.215 bits per heavy atom. The maximum atomic E-state index is 2.51. The molecule has 0 radical (unpaired) electrons. The van der Waals surface area contributed by atoms with Crippen LogP contribution in [0.3, 0.4) is 0 Å². The molecule has 0 spiro atoms. The highest BCUT2D eigenvalue weighted by atomic mass is 14.4. The zero-order valence-electron chi connectivity index (χ0n) is 38.0. The van der Waals surface area contributed by atoms with Crippen LogP contribution in [0, 0.1) is 0 Å². The molecule has 0 aliphatic heterocycles. The zero-order valence-corrected chi connectivity index (χ0v) is 38.0. The van der Waals surface area contributed by atoms with Crippen LogP contribution >= 0.6 is 0 Å². The van der Waals surface area contributed by atoms with E-state index in [4.69, 9.17) is 0 Å². The van der Waals surface area contributed by atoms with Crippen molar-refractivity contribution in [2.75, 3.05) is 0 Å². The van der Waals surface area contributed by atoms with Gasteiger partial charge in [-0.15, -0.1) is 0 Å². The fourth-order valence-corrected chi connectivity index (χ4v) is 12.5. The predicted molar refractivity (Wildman–Crippen MR) is 276 cm³/mol. The van der Waals surface area contributed by atoms with Gasteiger partial charge in [-0.3, -0.25) is 0 Å². The molecule has 65 heavy (non-hydrogen) atoms. The average Bonchev–Trinajstić information content (AvgIpc) is 3.82. The Hall–Kier alpha value is -7.28. The largest absolute Gasteiger partial charge is 0.0619 e. The zero-order chi connectivity index (χ0) is 44.0. The highest BCUT2D eigenvalue weighted by Crippen LogP contribution is 2.56.